The van der Waals surface area contributed by atoms with Crippen LogP contribution in [0.1, 0.15) is 36.5 Å². The molecule has 2 saturated heterocycles. The van der Waals surface area contributed by atoms with Gasteiger partial charge in [0.1, 0.15) is 13.2 Å². The molecule has 0 aliphatic carbocycles. The van der Waals surface area contributed by atoms with E-state index in [9.17, 15) is 19.2 Å². The highest BCUT2D eigenvalue weighted by Crippen LogP contribution is 2.27. The summed E-state index contributed by atoms with van der Waals surface area (Å²) in [6.07, 6.45) is 0.917. The fraction of sp³-hybridized carbons (Fsp3) is 0.353. The molecule has 218 valence electrons. The summed E-state index contributed by atoms with van der Waals surface area (Å²) < 4.78 is 10.6. The zero-order chi connectivity index (χ0) is 29.5. The lowest BCUT2D eigenvalue weighted by molar-refractivity contribution is -0.136. The van der Waals surface area contributed by atoms with Crippen LogP contribution in [-0.2, 0) is 38.3 Å². The van der Waals surface area contributed by atoms with E-state index >= 15 is 0 Å². The third-order valence-electron chi connectivity index (χ3n) is 8.07. The van der Waals surface area contributed by atoms with Gasteiger partial charge in [0.05, 0.1) is 12.1 Å². The van der Waals surface area contributed by atoms with E-state index in [1.807, 2.05) is 91.0 Å². The van der Waals surface area contributed by atoms with Crippen molar-refractivity contribution in [2.75, 3.05) is 13.2 Å². The molecule has 4 atom stereocenters. The van der Waals surface area contributed by atoms with Crippen molar-refractivity contribution in [2.24, 2.45) is 11.8 Å². The number of amides is 4. The van der Waals surface area contributed by atoms with Crippen molar-refractivity contribution in [3.05, 3.63) is 108 Å². The SMILES string of the molecule is C[C@@H](CCC(Cc1ccccc1)C(=O)N1C(=O)OC[C@@H]1Cc1ccccc1)C(=O)N1C(=O)OC[C@@H]1Cc1ccccc1. The number of benzene rings is 3. The number of carbonyl (C=O) groups excluding carboxylic acids is 4. The van der Waals surface area contributed by atoms with E-state index in [0.717, 1.165) is 16.7 Å². The van der Waals surface area contributed by atoms with Gasteiger partial charge in [0.15, 0.2) is 0 Å². The van der Waals surface area contributed by atoms with Gasteiger partial charge in [-0.3, -0.25) is 9.59 Å². The quantitative estimate of drug-likeness (QED) is 0.306. The minimum Gasteiger partial charge on any atom is -0.447 e. The van der Waals surface area contributed by atoms with Crippen molar-refractivity contribution in [3.8, 4) is 0 Å². The Kier molecular flexibility index (Phi) is 9.31. The van der Waals surface area contributed by atoms with Crippen LogP contribution in [0.4, 0.5) is 9.59 Å². The molecule has 0 bridgehead atoms. The summed E-state index contributed by atoms with van der Waals surface area (Å²) in [6.45, 7) is 2.08. The second-order valence-electron chi connectivity index (χ2n) is 11.1. The molecule has 5 rings (SSSR count). The second kappa shape index (κ2) is 13.5. The fourth-order valence-corrected chi connectivity index (χ4v) is 5.75. The first-order valence-corrected chi connectivity index (χ1v) is 14.5. The normalized spacial score (nSPS) is 19.7. The lowest BCUT2D eigenvalue weighted by Crippen LogP contribution is -2.45. The molecule has 3 aromatic rings. The Morgan fingerprint density at radius 3 is 1.57 bits per heavy atom. The number of hydrogen-bond donors (Lipinski definition) is 0. The van der Waals surface area contributed by atoms with Crippen LogP contribution in [0.2, 0.25) is 0 Å². The second-order valence-corrected chi connectivity index (χ2v) is 11.1. The molecule has 2 heterocycles. The van der Waals surface area contributed by atoms with Gasteiger partial charge >= 0.3 is 12.2 Å². The molecule has 4 amide bonds. The van der Waals surface area contributed by atoms with Gasteiger partial charge in [-0.25, -0.2) is 19.4 Å². The van der Waals surface area contributed by atoms with Gasteiger partial charge in [-0.05, 0) is 48.8 Å². The number of carbonyl (C=O) groups is 4. The molecule has 2 aliphatic heterocycles. The van der Waals surface area contributed by atoms with Crippen molar-refractivity contribution in [2.45, 2.75) is 51.1 Å². The molecule has 3 aromatic carbocycles. The number of hydrogen-bond acceptors (Lipinski definition) is 6. The number of ether oxygens (including phenoxy) is 2. The van der Waals surface area contributed by atoms with E-state index in [-0.39, 0.29) is 31.1 Å². The molecular weight excluding hydrogens is 532 g/mol. The standard InChI is InChI=1S/C34H36N2O6/c1-24(31(37)35-29(22-41-33(35)39)20-26-13-7-3-8-14-26)17-18-28(19-25-11-5-2-6-12-25)32(38)36-30(23-42-34(36)40)21-27-15-9-4-10-16-27/h2-16,24,28-30H,17-23H2,1H3/t24-,28?,29-,30-/m0/s1. The van der Waals surface area contributed by atoms with Crippen molar-refractivity contribution >= 4 is 24.0 Å². The van der Waals surface area contributed by atoms with Crippen LogP contribution in [0, 0.1) is 11.8 Å². The van der Waals surface area contributed by atoms with Crippen LogP contribution in [0.15, 0.2) is 91.0 Å². The maximum absolute atomic E-state index is 14.0. The number of imide groups is 2. The smallest absolute Gasteiger partial charge is 0.416 e. The molecule has 2 aliphatic rings. The first kappa shape index (κ1) is 29.0. The van der Waals surface area contributed by atoms with Crippen LogP contribution in [-0.4, -0.2) is 59.1 Å². The Labute approximate surface area is 246 Å². The van der Waals surface area contributed by atoms with E-state index < -0.39 is 30.1 Å². The Balaban J connectivity index is 1.29. The topological polar surface area (TPSA) is 93.2 Å². The summed E-state index contributed by atoms with van der Waals surface area (Å²) in [5.74, 6) is -1.68. The average molecular weight is 569 g/mol. The number of cyclic esters (lactones) is 2. The zero-order valence-corrected chi connectivity index (χ0v) is 23.8. The van der Waals surface area contributed by atoms with Crippen molar-refractivity contribution in [1.82, 2.24) is 9.80 Å². The predicted molar refractivity (Wildman–Crippen MR) is 156 cm³/mol. The Bertz CT molecular complexity index is 1380. The molecule has 0 aromatic heterocycles. The van der Waals surface area contributed by atoms with Gasteiger partial charge in [0.2, 0.25) is 11.8 Å². The van der Waals surface area contributed by atoms with E-state index in [0.29, 0.717) is 32.1 Å². The predicted octanol–water partition coefficient (Wildman–Crippen LogP) is 5.44. The molecule has 42 heavy (non-hydrogen) atoms. The van der Waals surface area contributed by atoms with Crippen molar-refractivity contribution < 1.29 is 28.7 Å². The molecule has 0 N–H and O–H groups in total. The molecule has 0 radical (unpaired) electrons. The maximum Gasteiger partial charge on any atom is 0.416 e. The van der Waals surface area contributed by atoms with Gasteiger partial charge in [0, 0.05) is 11.8 Å². The highest BCUT2D eigenvalue weighted by molar-refractivity contribution is 5.96. The number of nitrogens with zero attached hydrogens (tertiary/aromatic N) is 2. The molecular formula is C34H36N2O6. The Morgan fingerprint density at radius 1 is 0.667 bits per heavy atom. The Morgan fingerprint density at radius 2 is 1.10 bits per heavy atom. The molecule has 8 heteroatoms. The third kappa shape index (κ3) is 6.87. The van der Waals surface area contributed by atoms with Crippen molar-refractivity contribution in [1.29, 1.82) is 0 Å². The minimum absolute atomic E-state index is 0.145. The highest BCUT2D eigenvalue weighted by Gasteiger charge is 2.42. The highest BCUT2D eigenvalue weighted by atomic mass is 16.6. The number of rotatable bonds is 11. The van der Waals surface area contributed by atoms with Crippen LogP contribution in [0.25, 0.3) is 0 Å². The minimum atomic E-state index is -0.633. The summed E-state index contributed by atoms with van der Waals surface area (Å²) in [5, 5.41) is 0. The lowest BCUT2D eigenvalue weighted by atomic mass is 9.89. The first-order valence-electron chi connectivity index (χ1n) is 14.5. The zero-order valence-electron chi connectivity index (χ0n) is 23.8. The van der Waals surface area contributed by atoms with Gasteiger partial charge in [-0.2, -0.15) is 0 Å². The fourth-order valence-electron chi connectivity index (χ4n) is 5.75. The van der Waals surface area contributed by atoms with Crippen LogP contribution >= 0.6 is 0 Å². The summed E-state index contributed by atoms with van der Waals surface area (Å²) in [5.41, 5.74) is 3.00. The van der Waals surface area contributed by atoms with E-state index in [1.165, 1.54) is 9.80 Å². The third-order valence-corrected chi connectivity index (χ3v) is 8.07. The van der Waals surface area contributed by atoms with E-state index in [4.69, 9.17) is 9.47 Å². The molecule has 0 saturated carbocycles. The van der Waals surface area contributed by atoms with E-state index in [2.05, 4.69) is 0 Å². The van der Waals surface area contributed by atoms with Gasteiger partial charge in [-0.15, -0.1) is 0 Å². The summed E-state index contributed by atoms with van der Waals surface area (Å²) in [7, 11) is 0. The molecule has 8 nitrogen and oxygen atoms in total. The average Bonchev–Trinajstić information content (AvgIpc) is 3.56. The summed E-state index contributed by atoms with van der Waals surface area (Å²) in [4.78, 5) is 55.3. The van der Waals surface area contributed by atoms with Crippen molar-refractivity contribution in [3.63, 3.8) is 0 Å². The molecule has 1 unspecified atom stereocenters. The largest absolute Gasteiger partial charge is 0.447 e. The van der Waals surface area contributed by atoms with Crippen LogP contribution in [0.3, 0.4) is 0 Å². The maximum atomic E-state index is 14.0. The van der Waals surface area contributed by atoms with Gasteiger partial charge in [-0.1, -0.05) is 97.9 Å². The van der Waals surface area contributed by atoms with Crippen LogP contribution in [0.5, 0.6) is 0 Å². The van der Waals surface area contributed by atoms with E-state index in [1.54, 1.807) is 6.92 Å². The molecule has 0 spiro atoms. The lowest BCUT2D eigenvalue weighted by Gasteiger charge is -2.27. The summed E-state index contributed by atoms with van der Waals surface area (Å²) >= 11 is 0. The monoisotopic (exact) mass is 568 g/mol. The van der Waals surface area contributed by atoms with Gasteiger partial charge in [0.25, 0.3) is 0 Å². The van der Waals surface area contributed by atoms with Gasteiger partial charge < -0.3 is 9.47 Å². The van der Waals surface area contributed by atoms with Crippen LogP contribution < -0.4 is 0 Å². The Hall–Kier alpha value is -4.46. The summed E-state index contributed by atoms with van der Waals surface area (Å²) in [6, 6.07) is 28.3. The first-order chi connectivity index (χ1) is 20.4. The molecule has 2 fully saturated rings.